The molecule has 0 unspecified atom stereocenters. The van der Waals surface area contributed by atoms with Crippen molar-refractivity contribution in [1.82, 2.24) is 10.5 Å². The summed E-state index contributed by atoms with van der Waals surface area (Å²) in [6, 6.07) is 6.19. The van der Waals surface area contributed by atoms with Gasteiger partial charge in [-0.25, -0.2) is 9.18 Å². The Kier molecular flexibility index (Phi) is 3.86. The van der Waals surface area contributed by atoms with Gasteiger partial charge >= 0.3 is 6.03 Å². The van der Waals surface area contributed by atoms with Crippen LogP contribution in [0.15, 0.2) is 28.8 Å². The Balaban J connectivity index is 1.76. The molecule has 0 saturated heterocycles. The summed E-state index contributed by atoms with van der Waals surface area (Å²) in [5.74, 6) is 0.314. The molecule has 1 aromatic carbocycles. The molecule has 1 heterocycles. The van der Waals surface area contributed by atoms with Gasteiger partial charge in [0.15, 0.2) is 5.76 Å². The minimum atomic E-state index is -0.339. The summed E-state index contributed by atoms with van der Waals surface area (Å²) < 4.78 is 18.3. The van der Waals surface area contributed by atoms with Crippen molar-refractivity contribution in [2.75, 3.05) is 5.32 Å². The first-order valence-electron chi connectivity index (χ1n) is 8.03. The third kappa shape index (κ3) is 2.77. The van der Waals surface area contributed by atoms with E-state index in [-0.39, 0.29) is 22.8 Å². The topological polar surface area (TPSA) is 67.2 Å². The van der Waals surface area contributed by atoms with Crippen LogP contribution in [0, 0.1) is 19.7 Å². The van der Waals surface area contributed by atoms with Gasteiger partial charge in [0.25, 0.3) is 0 Å². The van der Waals surface area contributed by atoms with Gasteiger partial charge < -0.3 is 15.2 Å². The molecule has 0 spiro atoms. The molecule has 1 aromatic heterocycles. The van der Waals surface area contributed by atoms with Crippen LogP contribution in [0.3, 0.4) is 0 Å². The fourth-order valence-electron chi connectivity index (χ4n) is 3.20. The number of amides is 2. The van der Waals surface area contributed by atoms with Gasteiger partial charge in [-0.1, -0.05) is 31.1 Å². The van der Waals surface area contributed by atoms with E-state index in [4.69, 9.17) is 4.52 Å². The SMILES string of the molecule is Cc1noc(C)c1NC(=O)NC1(C(C)(C)c2ccc(F)cc2)CC1. The lowest BCUT2D eigenvalue weighted by Gasteiger charge is -2.36. The fourth-order valence-corrected chi connectivity index (χ4v) is 3.20. The van der Waals surface area contributed by atoms with Crippen molar-refractivity contribution < 1.29 is 13.7 Å². The summed E-state index contributed by atoms with van der Waals surface area (Å²) in [7, 11) is 0. The van der Waals surface area contributed by atoms with Crippen LogP contribution in [0.25, 0.3) is 0 Å². The smallest absolute Gasteiger partial charge is 0.319 e. The van der Waals surface area contributed by atoms with E-state index in [1.165, 1.54) is 12.1 Å². The highest BCUT2D eigenvalue weighted by molar-refractivity contribution is 5.91. The van der Waals surface area contributed by atoms with Crippen molar-refractivity contribution in [3.63, 3.8) is 0 Å². The first-order chi connectivity index (χ1) is 11.2. The van der Waals surface area contributed by atoms with E-state index in [0.717, 1.165) is 18.4 Å². The van der Waals surface area contributed by atoms with Gasteiger partial charge in [-0.15, -0.1) is 0 Å². The highest BCUT2D eigenvalue weighted by Gasteiger charge is 2.56. The van der Waals surface area contributed by atoms with Gasteiger partial charge in [-0.3, -0.25) is 0 Å². The summed E-state index contributed by atoms with van der Waals surface area (Å²) in [6.07, 6.45) is 1.76. The second-order valence-electron chi connectivity index (χ2n) is 6.99. The van der Waals surface area contributed by atoms with Crippen molar-refractivity contribution in [2.24, 2.45) is 0 Å². The summed E-state index contributed by atoms with van der Waals surface area (Å²) in [5, 5.41) is 9.75. The zero-order valence-corrected chi connectivity index (χ0v) is 14.4. The van der Waals surface area contributed by atoms with Crippen LogP contribution in [0.4, 0.5) is 14.9 Å². The highest BCUT2D eigenvalue weighted by atomic mass is 19.1. The van der Waals surface area contributed by atoms with E-state index in [0.29, 0.717) is 17.1 Å². The summed E-state index contributed by atoms with van der Waals surface area (Å²) >= 11 is 0. The molecule has 0 atom stereocenters. The van der Waals surface area contributed by atoms with Gasteiger partial charge in [0, 0.05) is 5.41 Å². The molecule has 2 amide bonds. The molecular weight excluding hydrogens is 309 g/mol. The first kappa shape index (κ1) is 16.5. The first-order valence-corrected chi connectivity index (χ1v) is 8.03. The molecule has 2 aromatic rings. The summed E-state index contributed by atoms with van der Waals surface area (Å²) in [6.45, 7) is 7.68. The number of nitrogens with one attached hydrogen (secondary N) is 2. The Morgan fingerprint density at radius 3 is 2.38 bits per heavy atom. The van der Waals surface area contributed by atoms with Crippen LogP contribution >= 0.6 is 0 Å². The molecule has 1 fully saturated rings. The maximum atomic E-state index is 13.2. The van der Waals surface area contributed by atoms with Gasteiger partial charge in [-0.05, 0) is 44.4 Å². The van der Waals surface area contributed by atoms with Gasteiger partial charge in [-0.2, -0.15) is 0 Å². The van der Waals surface area contributed by atoms with E-state index in [1.54, 1.807) is 26.0 Å². The van der Waals surface area contributed by atoms with Gasteiger partial charge in [0.2, 0.25) is 0 Å². The Labute approximate surface area is 140 Å². The molecule has 0 aliphatic heterocycles. The number of carbonyl (C=O) groups excluding carboxylic acids is 1. The molecule has 5 nitrogen and oxygen atoms in total. The number of aromatic nitrogens is 1. The van der Waals surface area contributed by atoms with Crippen molar-refractivity contribution in [3.8, 4) is 0 Å². The molecule has 1 aliphatic rings. The third-order valence-corrected chi connectivity index (χ3v) is 5.14. The van der Waals surface area contributed by atoms with E-state index in [1.807, 2.05) is 0 Å². The van der Waals surface area contributed by atoms with Crippen molar-refractivity contribution >= 4 is 11.7 Å². The van der Waals surface area contributed by atoms with Crippen LogP contribution in [-0.2, 0) is 5.41 Å². The lowest BCUT2D eigenvalue weighted by atomic mass is 9.75. The largest absolute Gasteiger partial charge is 0.359 e. The molecule has 2 N–H and O–H groups in total. The number of carbonyl (C=O) groups is 1. The number of urea groups is 1. The van der Waals surface area contributed by atoms with Crippen LogP contribution in [0.5, 0.6) is 0 Å². The number of hydrogen-bond donors (Lipinski definition) is 2. The van der Waals surface area contributed by atoms with Gasteiger partial charge in [0.1, 0.15) is 17.2 Å². The number of hydrogen-bond acceptors (Lipinski definition) is 3. The normalized spacial score (nSPS) is 15.9. The molecule has 1 saturated carbocycles. The van der Waals surface area contributed by atoms with Crippen LogP contribution in [-0.4, -0.2) is 16.7 Å². The average Bonchev–Trinajstić information content (AvgIpc) is 3.25. The van der Waals surface area contributed by atoms with E-state index in [9.17, 15) is 9.18 Å². The molecule has 3 rings (SSSR count). The van der Waals surface area contributed by atoms with Crippen molar-refractivity contribution in [3.05, 3.63) is 47.1 Å². The lowest BCUT2D eigenvalue weighted by Crippen LogP contribution is -2.51. The van der Waals surface area contributed by atoms with E-state index >= 15 is 0 Å². The molecule has 128 valence electrons. The second-order valence-corrected chi connectivity index (χ2v) is 6.99. The summed E-state index contributed by atoms with van der Waals surface area (Å²) in [4.78, 5) is 12.5. The molecule has 0 bridgehead atoms. The lowest BCUT2D eigenvalue weighted by molar-refractivity contribution is 0.236. The fraction of sp³-hybridized carbons (Fsp3) is 0.444. The maximum absolute atomic E-state index is 13.2. The number of aryl methyl sites for hydroxylation is 2. The highest BCUT2D eigenvalue weighted by Crippen LogP contribution is 2.51. The zero-order chi connectivity index (χ0) is 17.5. The van der Waals surface area contributed by atoms with Gasteiger partial charge in [0.05, 0.1) is 5.54 Å². The molecule has 6 heteroatoms. The predicted octanol–water partition coefficient (Wildman–Crippen LogP) is 4.06. The standard InChI is InChI=1S/C18H22FN3O2/c1-11-15(12(2)24-22-11)20-16(23)21-18(9-10-18)17(3,4)13-5-7-14(19)8-6-13/h5-8H,9-10H2,1-4H3,(H2,20,21,23). The molecule has 1 aliphatic carbocycles. The Bertz CT molecular complexity index is 742. The minimum absolute atomic E-state index is 0.261. The Morgan fingerprint density at radius 2 is 1.88 bits per heavy atom. The van der Waals surface area contributed by atoms with E-state index in [2.05, 4.69) is 29.6 Å². The number of rotatable bonds is 4. The predicted molar refractivity (Wildman–Crippen MR) is 89.5 cm³/mol. The average molecular weight is 331 g/mol. The number of halogens is 1. The van der Waals surface area contributed by atoms with Crippen molar-refractivity contribution in [2.45, 2.75) is 51.5 Å². The molecule has 24 heavy (non-hydrogen) atoms. The number of nitrogens with zero attached hydrogens (tertiary/aromatic N) is 1. The number of anilines is 1. The van der Waals surface area contributed by atoms with Crippen molar-refractivity contribution in [1.29, 1.82) is 0 Å². The quantitative estimate of drug-likeness (QED) is 0.888. The Morgan fingerprint density at radius 1 is 1.25 bits per heavy atom. The zero-order valence-electron chi connectivity index (χ0n) is 14.4. The maximum Gasteiger partial charge on any atom is 0.319 e. The third-order valence-electron chi connectivity index (χ3n) is 5.14. The molecular formula is C18H22FN3O2. The van der Waals surface area contributed by atoms with E-state index < -0.39 is 0 Å². The minimum Gasteiger partial charge on any atom is -0.359 e. The monoisotopic (exact) mass is 331 g/mol. The number of benzene rings is 1. The van der Waals surface area contributed by atoms with Crippen LogP contribution in [0.2, 0.25) is 0 Å². The van der Waals surface area contributed by atoms with Crippen LogP contribution in [0.1, 0.15) is 43.7 Å². The second kappa shape index (κ2) is 5.61. The van der Waals surface area contributed by atoms with Crippen LogP contribution < -0.4 is 10.6 Å². The Hall–Kier alpha value is -2.37. The summed E-state index contributed by atoms with van der Waals surface area (Å²) in [5.41, 5.74) is 1.59. The molecule has 0 radical (unpaired) electrons.